The summed E-state index contributed by atoms with van der Waals surface area (Å²) >= 11 is 6.97. The van der Waals surface area contributed by atoms with Gasteiger partial charge in [0.25, 0.3) is 5.91 Å². The number of hydrogen-bond donors (Lipinski definition) is 1. The molecule has 2 fully saturated rings. The zero-order valence-electron chi connectivity index (χ0n) is 11.9. The van der Waals surface area contributed by atoms with Crippen LogP contribution in [-0.4, -0.2) is 36.5 Å². The number of carbonyl (C=O) groups is 1. The van der Waals surface area contributed by atoms with Crippen LogP contribution in [0.25, 0.3) is 0 Å². The van der Waals surface area contributed by atoms with E-state index in [1.807, 2.05) is 23.1 Å². The molecule has 21 heavy (non-hydrogen) atoms. The fraction of sp³-hybridized carbons (Fsp3) is 0.562. The van der Waals surface area contributed by atoms with E-state index in [9.17, 15) is 4.79 Å². The Kier molecular flexibility index (Phi) is 5.02. The molecule has 114 valence electrons. The van der Waals surface area contributed by atoms with Gasteiger partial charge in [-0.1, -0.05) is 15.9 Å². The molecule has 1 aromatic carbocycles. The third-order valence-electron chi connectivity index (χ3n) is 4.22. The van der Waals surface area contributed by atoms with Gasteiger partial charge in [-0.2, -0.15) is 0 Å². The molecule has 1 aliphatic carbocycles. The first-order valence-electron chi connectivity index (χ1n) is 7.61. The average Bonchev–Trinajstić information content (AvgIpc) is 3.13. The van der Waals surface area contributed by atoms with Crippen LogP contribution in [0, 0.1) is 5.92 Å². The SMILES string of the molecule is O=C(c1cc(Br)ccc1Br)N(CC1CC1)CC1CCCN1. The minimum atomic E-state index is 0.142. The molecule has 1 saturated carbocycles. The lowest BCUT2D eigenvalue weighted by Gasteiger charge is -2.26. The quantitative estimate of drug-likeness (QED) is 0.792. The summed E-state index contributed by atoms with van der Waals surface area (Å²) in [6.07, 6.45) is 4.92. The van der Waals surface area contributed by atoms with E-state index in [2.05, 4.69) is 37.2 Å². The van der Waals surface area contributed by atoms with Crippen LogP contribution in [-0.2, 0) is 0 Å². The van der Waals surface area contributed by atoms with Gasteiger partial charge in [0.1, 0.15) is 0 Å². The smallest absolute Gasteiger partial charge is 0.255 e. The van der Waals surface area contributed by atoms with Gasteiger partial charge >= 0.3 is 0 Å². The summed E-state index contributed by atoms with van der Waals surface area (Å²) in [6, 6.07) is 6.25. The fourth-order valence-electron chi connectivity index (χ4n) is 2.86. The van der Waals surface area contributed by atoms with Gasteiger partial charge in [0.05, 0.1) is 5.56 Å². The van der Waals surface area contributed by atoms with Gasteiger partial charge in [0.15, 0.2) is 0 Å². The Labute approximate surface area is 142 Å². The zero-order chi connectivity index (χ0) is 14.8. The van der Waals surface area contributed by atoms with Crippen LogP contribution in [0.2, 0.25) is 0 Å². The molecule has 0 bridgehead atoms. The number of nitrogens with one attached hydrogen (secondary N) is 1. The molecule has 5 heteroatoms. The van der Waals surface area contributed by atoms with Gasteiger partial charge in [-0.15, -0.1) is 0 Å². The molecule has 0 aromatic heterocycles. The number of benzene rings is 1. The second kappa shape index (κ2) is 6.80. The molecule has 1 N–H and O–H groups in total. The maximum absolute atomic E-state index is 12.9. The van der Waals surface area contributed by atoms with Crippen molar-refractivity contribution in [3.05, 3.63) is 32.7 Å². The molecule has 2 aliphatic rings. The summed E-state index contributed by atoms with van der Waals surface area (Å²) < 4.78 is 1.82. The highest BCUT2D eigenvalue weighted by Gasteiger charge is 2.30. The fourth-order valence-corrected chi connectivity index (χ4v) is 3.64. The Balaban J connectivity index is 1.76. The van der Waals surface area contributed by atoms with Crippen LogP contribution in [0.15, 0.2) is 27.1 Å². The topological polar surface area (TPSA) is 32.3 Å². The zero-order valence-corrected chi connectivity index (χ0v) is 15.1. The molecule has 3 rings (SSSR count). The third kappa shape index (κ3) is 4.08. The first kappa shape index (κ1) is 15.5. The van der Waals surface area contributed by atoms with Crippen LogP contribution in [0.5, 0.6) is 0 Å². The predicted molar refractivity (Wildman–Crippen MR) is 91.5 cm³/mol. The minimum Gasteiger partial charge on any atom is -0.337 e. The number of nitrogens with zero attached hydrogens (tertiary/aromatic N) is 1. The molecule has 1 aromatic rings. The second-order valence-corrected chi connectivity index (χ2v) is 7.84. The Morgan fingerprint density at radius 2 is 2.05 bits per heavy atom. The van der Waals surface area contributed by atoms with Crippen molar-refractivity contribution in [1.82, 2.24) is 10.2 Å². The van der Waals surface area contributed by atoms with Gasteiger partial charge in [-0.3, -0.25) is 4.79 Å². The average molecular weight is 416 g/mol. The molecule has 1 amide bonds. The Hall–Kier alpha value is -0.390. The normalized spacial score (nSPS) is 21.5. The largest absolute Gasteiger partial charge is 0.337 e. The van der Waals surface area contributed by atoms with Gasteiger partial charge in [0.2, 0.25) is 0 Å². The summed E-state index contributed by atoms with van der Waals surface area (Å²) in [5.41, 5.74) is 0.753. The first-order valence-corrected chi connectivity index (χ1v) is 9.20. The lowest BCUT2D eigenvalue weighted by atomic mass is 10.1. The highest BCUT2D eigenvalue weighted by atomic mass is 79.9. The van der Waals surface area contributed by atoms with Crippen molar-refractivity contribution in [2.24, 2.45) is 5.92 Å². The molecular formula is C16H20Br2N2O. The summed E-state index contributed by atoms with van der Waals surface area (Å²) in [4.78, 5) is 15.0. The van der Waals surface area contributed by atoms with E-state index in [-0.39, 0.29) is 5.91 Å². The van der Waals surface area contributed by atoms with E-state index in [0.29, 0.717) is 12.0 Å². The first-order chi connectivity index (χ1) is 10.1. The van der Waals surface area contributed by atoms with E-state index in [4.69, 9.17) is 0 Å². The summed E-state index contributed by atoms with van der Waals surface area (Å²) in [5, 5.41) is 3.50. The van der Waals surface area contributed by atoms with E-state index >= 15 is 0 Å². The van der Waals surface area contributed by atoms with Crippen LogP contribution in [0.3, 0.4) is 0 Å². The highest BCUT2D eigenvalue weighted by Crippen LogP contribution is 2.31. The van der Waals surface area contributed by atoms with Gasteiger partial charge < -0.3 is 10.2 Å². The van der Waals surface area contributed by atoms with Crippen molar-refractivity contribution in [3.8, 4) is 0 Å². The van der Waals surface area contributed by atoms with E-state index in [0.717, 1.165) is 34.1 Å². The van der Waals surface area contributed by atoms with Crippen molar-refractivity contribution >= 4 is 37.8 Å². The predicted octanol–water partition coefficient (Wildman–Crippen LogP) is 3.82. The highest BCUT2D eigenvalue weighted by molar-refractivity contribution is 9.11. The summed E-state index contributed by atoms with van der Waals surface area (Å²) in [7, 11) is 0. The number of rotatable bonds is 5. The van der Waals surface area contributed by atoms with E-state index in [1.54, 1.807) is 0 Å². The molecule has 1 unspecified atom stereocenters. The molecule has 1 heterocycles. The molecule has 0 radical (unpaired) electrons. The number of carbonyl (C=O) groups excluding carboxylic acids is 1. The monoisotopic (exact) mass is 414 g/mol. The van der Waals surface area contributed by atoms with Crippen molar-refractivity contribution in [2.45, 2.75) is 31.7 Å². The molecule has 1 aliphatic heterocycles. The maximum Gasteiger partial charge on any atom is 0.255 e. The number of halogens is 2. The lowest BCUT2D eigenvalue weighted by molar-refractivity contribution is 0.0732. The van der Waals surface area contributed by atoms with Crippen molar-refractivity contribution in [3.63, 3.8) is 0 Å². The number of amides is 1. The van der Waals surface area contributed by atoms with Gasteiger partial charge in [0, 0.05) is 28.1 Å². The van der Waals surface area contributed by atoms with E-state index in [1.165, 1.54) is 25.7 Å². The third-order valence-corrected chi connectivity index (χ3v) is 5.41. The summed E-state index contributed by atoms with van der Waals surface area (Å²) in [5.74, 6) is 0.852. The maximum atomic E-state index is 12.9. The van der Waals surface area contributed by atoms with Crippen LogP contribution in [0.1, 0.15) is 36.0 Å². The molecule has 0 spiro atoms. The van der Waals surface area contributed by atoms with Crippen molar-refractivity contribution in [1.29, 1.82) is 0 Å². The van der Waals surface area contributed by atoms with Gasteiger partial charge in [-0.25, -0.2) is 0 Å². The summed E-state index contributed by atoms with van der Waals surface area (Å²) in [6.45, 7) is 2.81. The molecule has 1 atom stereocenters. The molecule has 3 nitrogen and oxygen atoms in total. The molecular weight excluding hydrogens is 396 g/mol. The van der Waals surface area contributed by atoms with E-state index < -0.39 is 0 Å². The Morgan fingerprint density at radius 1 is 1.24 bits per heavy atom. The van der Waals surface area contributed by atoms with Crippen molar-refractivity contribution < 1.29 is 4.79 Å². The molecule has 1 saturated heterocycles. The Morgan fingerprint density at radius 3 is 2.71 bits per heavy atom. The lowest BCUT2D eigenvalue weighted by Crippen LogP contribution is -2.42. The Bertz CT molecular complexity index is 525. The minimum absolute atomic E-state index is 0.142. The van der Waals surface area contributed by atoms with Crippen LogP contribution < -0.4 is 5.32 Å². The van der Waals surface area contributed by atoms with Crippen LogP contribution in [0.4, 0.5) is 0 Å². The number of hydrogen-bond acceptors (Lipinski definition) is 2. The van der Waals surface area contributed by atoms with Crippen LogP contribution >= 0.6 is 31.9 Å². The van der Waals surface area contributed by atoms with Crippen molar-refractivity contribution in [2.75, 3.05) is 19.6 Å². The second-order valence-electron chi connectivity index (χ2n) is 6.07. The standard InChI is InChI=1S/C16H20Br2N2O/c17-12-5-6-15(18)14(8-12)16(21)20(9-11-3-4-11)10-13-2-1-7-19-13/h5-6,8,11,13,19H,1-4,7,9-10H2. The van der Waals surface area contributed by atoms with Gasteiger partial charge in [-0.05, 0) is 72.3 Å².